The molecule has 1 spiro atoms. The number of ketones is 1. The van der Waals surface area contributed by atoms with Crippen LogP contribution in [0.25, 0.3) is 11.0 Å². The van der Waals surface area contributed by atoms with Gasteiger partial charge in [0.05, 0.1) is 21.1 Å². The number of likely N-dealkylation sites (tertiary alicyclic amines) is 1. The van der Waals surface area contributed by atoms with Gasteiger partial charge in [0.15, 0.2) is 5.78 Å². The molecule has 1 aliphatic carbocycles. The average Bonchev–Trinajstić information content (AvgIpc) is 3.32. The molecular weight excluding hydrogens is 458 g/mol. The van der Waals surface area contributed by atoms with Crippen LogP contribution in [0.3, 0.4) is 0 Å². The molecule has 0 unspecified atom stereocenters. The number of aromatic nitrogens is 4. The molecule has 31 heavy (non-hydrogen) atoms. The normalized spacial score (nSPS) is 18.6. The lowest BCUT2D eigenvalue weighted by Crippen LogP contribution is -2.46. The van der Waals surface area contributed by atoms with Crippen molar-refractivity contribution in [2.45, 2.75) is 52.0 Å². The van der Waals surface area contributed by atoms with E-state index in [2.05, 4.69) is 51.8 Å². The zero-order chi connectivity index (χ0) is 22.0. The number of amides is 1. The van der Waals surface area contributed by atoms with E-state index in [1.807, 2.05) is 28.0 Å². The van der Waals surface area contributed by atoms with E-state index in [0.717, 1.165) is 40.3 Å². The van der Waals surface area contributed by atoms with Gasteiger partial charge in [0.25, 0.3) is 5.91 Å². The van der Waals surface area contributed by atoms with Crippen LogP contribution >= 0.6 is 15.9 Å². The van der Waals surface area contributed by atoms with E-state index >= 15 is 0 Å². The molecule has 0 aromatic carbocycles. The highest BCUT2D eigenvalue weighted by molar-refractivity contribution is 9.10. The summed E-state index contributed by atoms with van der Waals surface area (Å²) in [5, 5.41) is 4.58. The number of pyridine rings is 1. The fraction of sp³-hybridized carbons (Fsp3) is 0.478. The van der Waals surface area contributed by atoms with Crippen molar-refractivity contribution in [1.29, 1.82) is 0 Å². The van der Waals surface area contributed by atoms with Crippen LogP contribution < -0.4 is 0 Å². The number of nitrogens with zero attached hydrogens (tertiary/aromatic N) is 4. The number of nitrogens with one attached hydrogen (secondary N) is 1. The van der Waals surface area contributed by atoms with Gasteiger partial charge in [-0.05, 0) is 67.4 Å². The minimum Gasteiger partial charge on any atom is -0.359 e. The average molecular weight is 484 g/mol. The molecule has 1 N–H and O–H groups in total. The topological polar surface area (TPSA) is 83.9 Å². The molecule has 1 aliphatic heterocycles. The highest BCUT2D eigenvalue weighted by Crippen LogP contribution is 2.43. The number of fused-ring (bicyclic) bond motifs is 2. The van der Waals surface area contributed by atoms with Crippen LogP contribution in [-0.4, -0.2) is 49.4 Å². The van der Waals surface area contributed by atoms with Crippen LogP contribution in [0.5, 0.6) is 0 Å². The van der Waals surface area contributed by atoms with E-state index < -0.39 is 0 Å². The van der Waals surface area contributed by atoms with Crippen LogP contribution in [0.4, 0.5) is 0 Å². The van der Waals surface area contributed by atoms with Crippen molar-refractivity contribution in [3.05, 3.63) is 46.0 Å². The third-order valence-corrected chi connectivity index (χ3v) is 7.27. The van der Waals surface area contributed by atoms with Crippen molar-refractivity contribution in [2.24, 2.45) is 5.41 Å². The molecule has 0 bridgehead atoms. The minimum absolute atomic E-state index is 0.00153. The number of aromatic amines is 1. The van der Waals surface area contributed by atoms with Gasteiger partial charge in [0.1, 0.15) is 11.2 Å². The second-order valence-corrected chi connectivity index (χ2v) is 10.8. The zero-order valence-corrected chi connectivity index (χ0v) is 19.6. The Labute approximate surface area is 189 Å². The van der Waals surface area contributed by atoms with E-state index in [9.17, 15) is 9.59 Å². The lowest BCUT2D eigenvalue weighted by Gasteiger charge is -2.43. The number of carbonyl (C=O) groups excluding carboxylic acids is 2. The minimum atomic E-state index is -0.148. The van der Waals surface area contributed by atoms with E-state index in [4.69, 9.17) is 0 Å². The second-order valence-electron chi connectivity index (χ2n) is 9.94. The molecule has 1 amide bonds. The number of Topliss-reactive ketones (excluding diaryl/α,β-unsaturated/α-hetero) is 1. The molecule has 1 fully saturated rings. The second kappa shape index (κ2) is 7.02. The van der Waals surface area contributed by atoms with Gasteiger partial charge < -0.3 is 9.88 Å². The van der Waals surface area contributed by atoms with Crippen molar-refractivity contribution in [3.63, 3.8) is 0 Å². The van der Waals surface area contributed by atoms with Gasteiger partial charge >= 0.3 is 0 Å². The first-order valence-electron chi connectivity index (χ1n) is 10.7. The number of H-pyrrole nitrogens is 1. The monoisotopic (exact) mass is 483 g/mol. The lowest BCUT2D eigenvalue weighted by atomic mass is 9.67. The maximum Gasteiger partial charge on any atom is 0.255 e. The Morgan fingerprint density at radius 1 is 1.23 bits per heavy atom. The van der Waals surface area contributed by atoms with Crippen LogP contribution in [0, 0.1) is 5.41 Å². The Bertz CT molecular complexity index is 1190. The molecule has 2 aliphatic rings. The molecule has 0 atom stereocenters. The predicted octanol–water partition coefficient (Wildman–Crippen LogP) is 4.33. The maximum atomic E-state index is 13.1. The Balaban J connectivity index is 1.32. The number of piperidine rings is 1. The van der Waals surface area contributed by atoms with Gasteiger partial charge in [-0.1, -0.05) is 0 Å². The summed E-state index contributed by atoms with van der Waals surface area (Å²) in [4.78, 5) is 35.4. The number of rotatable bonds is 1. The van der Waals surface area contributed by atoms with E-state index in [1.165, 1.54) is 0 Å². The summed E-state index contributed by atoms with van der Waals surface area (Å²) in [6.07, 6.45) is 8.55. The first-order valence-corrected chi connectivity index (χ1v) is 11.5. The summed E-state index contributed by atoms with van der Waals surface area (Å²) in [6.45, 7) is 7.58. The number of hydrogen-bond donors (Lipinski definition) is 1. The van der Waals surface area contributed by atoms with Crippen LogP contribution in [0.1, 0.15) is 66.4 Å². The van der Waals surface area contributed by atoms with Crippen molar-refractivity contribution in [3.8, 4) is 0 Å². The maximum absolute atomic E-state index is 13.1. The van der Waals surface area contributed by atoms with Crippen LogP contribution in [0.2, 0.25) is 0 Å². The van der Waals surface area contributed by atoms with E-state index in [-0.39, 0.29) is 22.6 Å². The first kappa shape index (κ1) is 20.4. The molecule has 0 radical (unpaired) electrons. The summed E-state index contributed by atoms with van der Waals surface area (Å²) in [5.74, 6) is 0.134. The third-order valence-electron chi connectivity index (χ3n) is 6.67. The first-order chi connectivity index (χ1) is 14.7. The van der Waals surface area contributed by atoms with Gasteiger partial charge in [0.2, 0.25) is 0 Å². The standard InChI is InChI=1S/C23H26BrN5O2/c1-22(2,3)29-13-15-9-23(10-18(30)19(15)27-29)4-6-28(7-5-23)21(31)14-8-17-20(26-11-14)16(24)12-25-17/h8,11-13,25H,4-7,9-10H2,1-3H3. The molecule has 4 heterocycles. The Morgan fingerprint density at radius 3 is 2.68 bits per heavy atom. The summed E-state index contributed by atoms with van der Waals surface area (Å²) in [7, 11) is 0. The fourth-order valence-corrected chi connectivity index (χ4v) is 5.25. The Morgan fingerprint density at radius 2 is 1.97 bits per heavy atom. The summed E-state index contributed by atoms with van der Waals surface area (Å²) in [6, 6.07) is 1.86. The summed E-state index contributed by atoms with van der Waals surface area (Å²) < 4.78 is 2.80. The highest BCUT2D eigenvalue weighted by Gasteiger charge is 2.43. The molecule has 7 nitrogen and oxygen atoms in total. The smallest absolute Gasteiger partial charge is 0.255 e. The Kier molecular flexibility index (Phi) is 4.62. The molecule has 3 aromatic rings. The molecule has 162 valence electrons. The van der Waals surface area contributed by atoms with E-state index in [0.29, 0.717) is 30.8 Å². The quantitative estimate of drug-likeness (QED) is 0.558. The van der Waals surface area contributed by atoms with Crippen molar-refractivity contribution in [2.75, 3.05) is 13.1 Å². The number of halogens is 1. The Hall–Kier alpha value is -2.48. The largest absolute Gasteiger partial charge is 0.359 e. The molecule has 0 saturated carbocycles. The molecular formula is C23H26BrN5O2. The summed E-state index contributed by atoms with van der Waals surface area (Å²) >= 11 is 3.45. The van der Waals surface area contributed by atoms with Crippen molar-refractivity contribution < 1.29 is 9.59 Å². The fourth-order valence-electron chi connectivity index (χ4n) is 4.82. The van der Waals surface area contributed by atoms with Gasteiger partial charge in [0, 0.05) is 43.7 Å². The van der Waals surface area contributed by atoms with Gasteiger partial charge in [-0.25, -0.2) is 0 Å². The van der Waals surface area contributed by atoms with Crippen LogP contribution in [-0.2, 0) is 12.0 Å². The number of carbonyl (C=O) groups is 2. The van der Waals surface area contributed by atoms with Gasteiger partial charge in [-0.3, -0.25) is 19.3 Å². The van der Waals surface area contributed by atoms with Crippen molar-refractivity contribution in [1.82, 2.24) is 24.6 Å². The van der Waals surface area contributed by atoms with Gasteiger partial charge in [-0.2, -0.15) is 5.10 Å². The predicted molar refractivity (Wildman–Crippen MR) is 121 cm³/mol. The zero-order valence-electron chi connectivity index (χ0n) is 18.0. The molecule has 3 aromatic heterocycles. The molecule has 8 heteroatoms. The highest BCUT2D eigenvalue weighted by atomic mass is 79.9. The molecule has 5 rings (SSSR count). The summed E-state index contributed by atoms with van der Waals surface area (Å²) in [5.41, 5.74) is 3.72. The SMILES string of the molecule is CC(C)(C)n1cc2c(n1)C(=O)CC1(CCN(C(=O)c3cnc4c(Br)c[nH]c4c3)CC1)C2. The van der Waals surface area contributed by atoms with E-state index in [1.54, 1.807) is 6.20 Å². The number of hydrogen-bond acceptors (Lipinski definition) is 4. The van der Waals surface area contributed by atoms with Crippen LogP contribution in [0.15, 0.2) is 29.1 Å². The molecule has 1 saturated heterocycles. The third kappa shape index (κ3) is 3.50. The van der Waals surface area contributed by atoms with Crippen molar-refractivity contribution >= 4 is 38.7 Å². The lowest BCUT2D eigenvalue weighted by molar-refractivity contribution is 0.0519. The van der Waals surface area contributed by atoms with Gasteiger partial charge in [-0.15, -0.1) is 0 Å².